The summed E-state index contributed by atoms with van der Waals surface area (Å²) < 4.78 is 0. The van der Waals surface area contributed by atoms with Crippen molar-refractivity contribution in [2.24, 2.45) is 0 Å². The molecule has 15 heavy (non-hydrogen) atoms. The highest BCUT2D eigenvalue weighted by atomic mass is 79.9. The number of hydrogen-bond donors (Lipinski definition) is 1. The zero-order valence-electron chi connectivity index (χ0n) is 8.66. The van der Waals surface area contributed by atoms with Gasteiger partial charge in [-0.2, -0.15) is 0 Å². The first-order chi connectivity index (χ1) is 7.22. The summed E-state index contributed by atoms with van der Waals surface area (Å²) in [4.78, 5) is 11.7. The molecule has 0 spiro atoms. The quantitative estimate of drug-likeness (QED) is 0.821. The van der Waals surface area contributed by atoms with Gasteiger partial charge in [-0.05, 0) is 17.5 Å². The van der Waals surface area contributed by atoms with Gasteiger partial charge >= 0.3 is 0 Å². The Morgan fingerprint density at radius 3 is 3.00 bits per heavy atom. The number of carbonyl (C=O) groups is 1. The summed E-state index contributed by atoms with van der Waals surface area (Å²) in [6.07, 6.45) is 1.53. The van der Waals surface area contributed by atoms with Gasteiger partial charge in [0.2, 0.25) is 5.91 Å². The number of hydrogen-bond acceptors (Lipinski definition) is 1. The van der Waals surface area contributed by atoms with Gasteiger partial charge in [-0.25, -0.2) is 0 Å². The van der Waals surface area contributed by atoms with Crippen LogP contribution >= 0.6 is 15.9 Å². The Bertz CT molecular complexity index is 378. The van der Waals surface area contributed by atoms with E-state index in [0.717, 1.165) is 6.42 Å². The van der Waals surface area contributed by atoms with Crippen molar-refractivity contribution in [3.63, 3.8) is 0 Å². The van der Waals surface area contributed by atoms with Gasteiger partial charge in [0.15, 0.2) is 0 Å². The Hall–Kier alpha value is -0.830. The van der Waals surface area contributed by atoms with Crippen molar-refractivity contribution >= 4 is 21.8 Å². The first kappa shape index (κ1) is 10.7. The largest absolute Gasteiger partial charge is 0.348 e. The van der Waals surface area contributed by atoms with E-state index in [0.29, 0.717) is 11.2 Å². The van der Waals surface area contributed by atoms with E-state index < -0.39 is 0 Å². The molecule has 1 N–H and O–H groups in total. The number of fused-ring (bicyclic) bond motifs is 1. The number of nitrogens with one attached hydrogen (secondary N) is 1. The summed E-state index contributed by atoms with van der Waals surface area (Å²) in [5.74, 6) is 0.112. The molecule has 2 atom stereocenters. The van der Waals surface area contributed by atoms with Gasteiger partial charge in [-0.1, -0.05) is 47.1 Å². The predicted molar refractivity (Wildman–Crippen MR) is 64.0 cm³/mol. The molecule has 2 nitrogen and oxygen atoms in total. The molecule has 80 valence electrons. The van der Waals surface area contributed by atoms with Gasteiger partial charge < -0.3 is 5.32 Å². The average Bonchev–Trinajstić information content (AvgIpc) is 2.55. The van der Waals surface area contributed by atoms with E-state index in [1.54, 1.807) is 0 Å². The Morgan fingerprint density at radius 1 is 1.53 bits per heavy atom. The van der Waals surface area contributed by atoms with Gasteiger partial charge in [-0.3, -0.25) is 4.79 Å². The fourth-order valence-electron chi connectivity index (χ4n) is 1.99. The van der Waals surface area contributed by atoms with E-state index in [9.17, 15) is 4.79 Å². The SMILES string of the molecule is CCC(=O)NC1c2ccccc2CC1Br. The average molecular weight is 268 g/mol. The highest BCUT2D eigenvalue weighted by Crippen LogP contribution is 2.35. The molecular formula is C12H14BrNO. The minimum Gasteiger partial charge on any atom is -0.348 e. The standard InChI is InChI=1S/C12H14BrNO/c1-2-11(15)14-12-9-6-4-3-5-8(9)7-10(12)13/h3-6,10,12H,2,7H2,1H3,(H,14,15). The van der Waals surface area contributed by atoms with E-state index in [-0.39, 0.29) is 11.9 Å². The van der Waals surface area contributed by atoms with Gasteiger partial charge in [0, 0.05) is 11.2 Å². The minimum absolute atomic E-state index is 0.112. The van der Waals surface area contributed by atoms with Crippen molar-refractivity contribution in [3.8, 4) is 0 Å². The summed E-state index contributed by atoms with van der Waals surface area (Å²) in [6.45, 7) is 1.87. The number of benzene rings is 1. The third-order valence-electron chi connectivity index (χ3n) is 2.80. The van der Waals surface area contributed by atoms with Crippen molar-refractivity contribution < 1.29 is 4.79 Å². The molecule has 1 aromatic carbocycles. The maximum absolute atomic E-state index is 11.4. The second-order valence-electron chi connectivity index (χ2n) is 3.82. The van der Waals surface area contributed by atoms with Gasteiger partial charge in [-0.15, -0.1) is 0 Å². The summed E-state index contributed by atoms with van der Waals surface area (Å²) in [6, 6.07) is 8.42. The molecule has 1 aliphatic rings. The van der Waals surface area contributed by atoms with Crippen LogP contribution in [0.25, 0.3) is 0 Å². The number of rotatable bonds is 2. The lowest BCUT2D eigenvalue weighted by molar-refractivity contribution is -0.121. The fraction of sp³-hybridized carbons (Fsp3) is 0.417. The maximum atomic E-state index is 11.4. The smallest absolute Gasteiger partial charge is 0.220 e. The third kappa shape index (κ3) is 2.07. The van der Waals surface area contributed by atoms with Crippen LogP contribution in [0.1, 0.15) is 30.5 Å². The Balaban J connectivity index is 2.22. The van der Waals surface area contributed by atoms with Crippen LogP contribution in [-0.2, 0) is 11.2 Å². The summed E-state index contributed by atoms with van der Waals surface area (Å²) >= 11 is 3.63. The second kappa shape index (κ2) is 4.35. The van der Waals surface area contributed by atoms with Crippen LogP contribution in [0.4, 0.5) is 0 Å². The zero-order chi connectivity index (χ0) is 10.8. The summed E-state index contributed by atoms with van der Waals surface area (Å²) in [5.41, 5.74) is 2.59. The molecule has 1 aromatic rings. The molecule has 0 bridgehead atoms. The number of alkyl halides is 1. The summed E-state index contributed by atoms with van der Waals surface area (Å²) in [5, 5.41) is 3.05. The van der Waals surface area contributed by atoms with Crippen LogP contribution in [0, 0.1) is 0 Å². The molecule has 2 unspecified atom stereocenters. The Morgan fingerprint density at radius 2 is 2.27 bits per heavy atom. The number of carbonyl (C=O) groups excluding carboxylic acids is 1. The van der Waals surface area contributed by atoms with Gasteiger partial charge in [0.1, 0.15) is 0 Å². The van der Waals surface area contributed by atoms with Crippen molar-refractivity contribution in [1.82, 2.24) is 5.32 Å². The number of halogens is 1. The van der Waals surface area contributed by atoms with Crippen LogP contribution in [0.15, 0.2) is 24.3 Å². The van der Waals surface area contributed by atoms with E-state index >= 15 is 0 Å². The van der Waals surface area contributed by atoms with Gasteiger partial charge in [0.05, 0.1) is 6.04 Å². The van der Waals surface area contributed by atoms with Crippen LogP contribution < -0.4 is 5.32 Å². The van der Waals surface area contributed by atoms with Crippen molar-refractivity contribution in [1.29, 1.82) is 0 Å². The monoisotopic (exact) mass is 267 g/mol. The number of amides is 1. The maximum Gasteiger partial charge on any atom is 0.220 e. The molecule has 1 amide bonds. The fourth-order valence-corrected chi connectivity index (χ4v) is 2.76. The predicted octanol–water partition coefficient (Wildman–Crippen LogP) is 2.57. The molecule has 0 aliphatic heterocycles. The lowest BCUT2D eigenvalue weighted by Crippen LogP contribution is -2.30. The van der Waals surface area contributed by atoms with E-state index in [4.69, 9.17) is 0 Å². The highest BCUT2D eigenvalue weighted by Gasteiger charge is 2.30. The normalized spacial score (nSPS) is 23.6. The topological polar surface area (TPSA) is 29.1 Å². The molecule has 0 aromatic heterocycles. The van der Waals surface area contributed by atoms with Crippen LogP contribution in [0.5, 0.6) is 0 Å². The van der Waals surface area contributed by atoms with E-state index in [1.807, 2.05) is 19.1 Å². The molecule has 0 saturated heterocycles. The molecule has 0 radical (unpaired) electrons. The van der Waals surface area contributed by atoms with Crippen LogP contribution in [0.2, 0.25) is 0 Å². The van der Waals surface area contributed by atoms with Crippen molar-refractivity contribution in [3.05, 3.63) is 35.4 Å². The molecular weight excluding hydrogens is 254 g/mol. The zero-order valence-corrected chi connectivity index (χ0v) is 10.3. The minimum atomic E-state index is 0.112. The van der Waals surface area contributed by atoms with Gasteiger partial charge in [0.25, 0.3) is 0 Å². The first-order valence-electron chi connectivity index (χ1n) is 5.23. The van der Waals surface area contributed by atoms with Crippen LogP contribution in [0.3, 0.4) is 0 Å². The Kier molecular flexibility index (Phi) is 3.10. The lowest BCUT2D eigenvalue weighted by atomic mass is 10.1. The molecule has 1 aliphatic carbocycles. The first-order valence-corrected chi connectivity index (χ1v) is 6.15. The second-order valence-corrected chi connectivity index (χ2v) is 4.99. The van der Waals surface area contributed by atoms with Crippen molar-refractivity contribution in [2.45, 2.75) is 30.6 Å². The molecule has 0 fully saturated rings. The lowest BCUT2D eigenvalue weighted by Gasteiger charge is -2.17. The summed E-state index contributed by atoms with van der Waals surface area (Å²) in [7, 11) is 0. The van der Waals surface area contributed by atoms with E-state index in [2.05, 4.69) is 33.4 Å². The van der Waals surface area contributed by atoms with E-state index in [1.165, 1.54) is 11.1 Å². The highest BCUT2D eigenvalue weighted by molar-refractivity contribution is 9.09. The molecule has 0 saturated carbocycles. The Labute approximate surface area is 98.2 Å². The molecule has 2 rings (SSSR count). The molecule has 3 heteroatoms. The third-order valence-corrected chi connectivity index (χ3v) is 3.66. The van der Waals surface area contributed by atoms with Crippen molar-refractivity contribution in [2.75, 3.05) is 0 Å². The van der Waals surface area contributed by atoms with Crippen LogP contribution in [-0.4, -0.2) is 10.7 Å². The molecule has 0 heterocycles.